The van der Waals surface area contributed by atoms with Crippen LogP contribution < -0.4 is 0 Å². The summed E-state index contributed by atoms with van der Waals surface area (Å²) in [6.07, 6.45) is 7.39. The fourth-order valence-corrected chi connectivity index (χ4v) is 5.31. The van der Waals surface area contributed by atoms with Crippen LogP contribution in [0.25, 0.3) is 0 Å². The molecule has 7 heteroatoms. The van der Waals surface area contributed by atoms with Crippen molar-refractivity contribution < 1.29 is 17.9 Å². The summed E-state index contributed by atoms with van der Waals surface area (Å²) in [6.45, 7) is 4.10. The van der Waals surface area contributed by atoms with Crippen molar-refractivity contribution in [2.24, 2.45) is 5.92 Å². The van der Waals surface area contributed by atoms with Crippen LogP contribution in [0, 0.1) is 12.8 Å². The fraction of sp³-hybridized carbons (Fsp3) is 0.400. The normalized spacial score (nSPS) is 22.4. The van der Waals surface area contributed by atoms with Gasteiger partial charge in [-0.15, -0.1) is 0 Å². The van der Waals surface area contributed by atoms with Gasteiger partial charge in [-0.1, -0.05) is 49.0 Å². The molecule has 2 atom stereocenters. The number of carbonyl (C=O) groups excluding carboxylic acids is 1. The van der Waals surface area contributed by atoms with E-state index in [1.165, 1.54) is 0 Å². The molecule has 1 saturated heterocycles. The van der Waals surface area contributed by atoms with Crippen LogP contribution in [-0.2, 0) is 19.6 Å². The van der Waals surface area contributed by atoms with E-state index in [2.05, 4.69) is 0 Å². The lowest BCUT2D eigenvalue weighted by atomic mass is 9.86. The number of rotatable bonds is 7. The summed E-state index contributed by atoms with van der Waals surface area (Å²) in [5.74, 6) is 0.0264. The highest BCUT2D eigenvalue weighted by atomic mass is 32.2. The second kappa shape index (κ2) is 7.94. The van der Waals surface area contributed by atoms with Gasteiger partial charge in [-0.3, -0.25) is 4.79 Å². The minimum atomic E-state index is -3.85. The highest BCUT2D eigenvalue weighted by Gasteiger charge is 2.52. The second-order valence-electron chi connectivity index (χ2n) is 6.76. The molecule has 1 aromatic rings. The number of carbonyl (C=O) groups is 1. The van der Waals surface area contributed by atoms with Crippen LogP contribution in [0.2, 0.25) is 0 Å². The maximum Gasteiger partial charge on any atom is 0.266 e. The van der Waals surface area contributed by atoms with Gasteiger partial charge in [0.25, 0.3) is 10.0 Å². The summed E-state index contributed by atoms with van der Waals surface area (Å²) in [7, 11) is -3.85. The van der Waals surface area contributed by atoms with Gasteiger partial charge in [0.2, 0.25) is 5.91 Å². The average Bonchev–Trinajstić information content (AvgIpc) is 2.63. The number of allylic oxidation sites excluding steroid dienone is 4. The summed E-state index contributed by atoms with van der Waals surface area (Å²) in [6, 6.07) is 6.17. The lowest BCUT2D eigenvalue weighted by molar-refractivity contribution is -0.147. The Labute approximate surface area is 165 Å². The minimum Gasteiger partial charge on any atom is -0.492 e. The Balaban J connectivity index is 1.73. The van der Waals surface area contributed by atoms with Crippen LogP contribution in [-0.4, -0.2) is 36.1 Å². The molecule has 1 heterocycles. The molecule has 0 aromatic heterocycles. The maximum atomic E-state index is 12.9. The molecule has 144 valence electrons. The lowest BCUT2D eigenvalue weighted by Crippen LogP contribution is -2.62. The van der Waals surface area contributed by atoms with Gasteiger partial charge >= 0.3 is 0 Å². The second-order valence-corrected chi connectivity index (χ2v) is 9.07. The van der Waals surface area contributed by atoms with Crippen molar-refractivity contribution in [1.82, 2.24) is 4.31 Å². The topological polar surface area (TPSA) is 63.7 Å². The first kappa shape index (κ1) is 19.8. The summed E-state index contributed by atoms with van der Waals surface area (Å²) in [4.78, 5) is 13.3. The molecule has 0 spiro atoms. The molecule has 1 aliphatic heterocycles. The van der Waals surface area contributed by atoms with Gasteiger partial charge in [0.1, 0.15) is 5.76 Å². The number of aryl methyl sites for hydroxylation is 1. The van der Waals surface area contributed by atoms with Crippen molar-refractivity contribution in [2.75, 3.05) is 6.61 Å². The Morgan fingerprint density at radius 1 is 1.26 bits per heavy atom. The van der Waals surface area contributed by atoms with Gasteiger partial charge in [0.05, 0.1) is 28.3 Å². The first-order valence-corrected chi connectivity index (χ1v) is 10.9. The molecule has 5 nitrogen and oxygen atoms in total. The van der Waals surface area contributed by atoms with E-state index in [0.717, 1.165) is 14.7 Å². The molecular weight excluding hydrogens is 382 g/mol. The number of hydrogen-bond donors (Lipinski definition) is 0. The largest absolute Gasteiger partial charge is 0.492 e. The van der Waals surface area contributed by atoms with Crippen molar-refractivity contribution >= 4 is 33.0 Å². The van der Waals surface area contributed by atoms with Gasteiger partial charge in [-0.25, -0.2) is 12.7 Å². The fourth-order valence-electron chi connectivity index (χ4n) is 3.40. The van der Waals surface area contributed by atoms with Gasteiger partial charge in [-0.05, 0) is 31.6 Å². The molecule has 0 unspecified atom stereocenters. The molecule has 0 bridgehead atoms. The summed E-state index contributed by atoms with van der Waals surface area (Å²) in [5.41, 5.74) is 0.964. The molecule has 27 heavy (non-hydrogen) atoms. The van der Waals surface area contributed by atoms with E-state index in [1.807, 2.05) is 32.1 Å². The molecular formula is C20H23NO4S2. The van der Waals surface area contributed by atoms with E-state index in [1.54, 1.807) is 24.3 Å². The molecule has 0 N–H and O–H groups in total. The van der Waals surface area contributed by atoms with Crippen LogP contribution in [0.5, 0.6) is 0 Å². The van der Waals surface area contributed by atoms with Crippen LogP contribution in [0.3, 0.4) is 0 Å². The van der Waals surface area contributed by atoms with Gasteiger partial charge in [-0.2, -0.15) is 0 Å². The first-order valence-electron chi connectivity index (χ1n) is 9.04. The third-order valence-electron chi connectivity index (χ3n) is 4.95. The van der Waals surface area contributed by atoms with E-state index in [-0.39, 0.29) is 22.8 Å². The highest BCUT2D eigenvalue weighted by molar-refractivity contribution is 7.89. The first-order chi connectivity index (χ1) is 12.9. The van der Waals surface area contributed by atoms with Crippen molar-refractivity contribution in [3.8, 4) is 0 Å². The molecule has 1 aliphatic carbocycles. The Morgan fingerprint density at radius 2 is 1.96 bits per heavy atom. The van der Waals surface area contributed by atoms with Crippen LogP contribution >= 0.6 is 12.2 Å². The number of amides is 1. The summed E-state index contributed by atoms with van der Waals surface area (Å²) in [5, 5.41) is 0. The summed E-state index contributed by atoms with van der Waals surface area (Å²) < 4.78 is 32.7. The van der Waals surface area contributed by atoms with Crippen molar-refractivity contribution in [1.29, 1.82) is 0 Å². The molecule has 1 fully saturated rings. The Kier molecular flexibility index (Phi) is 5.81. The SMILES string of the molecule is CC[C@H]1C(=O)N(S(=O)(=O)c2ccc(C)cc2)[C@H]1CCOC1=CC=CCC1=S. The number of β-lactam (4-membered cyclic amide) rings is 1. The number of thiocarbonyl (C=S) groups is 1. The average molecular weight is 406 g/mol. The molecule has 2 aliphatic rings. The molecule has 1 aromatic carbocycles. The zero-order chi connectivity index (χ0) is 19.6. The molecule has 1 amide bonds. The Hall–Kier alpha value is -1.99. The number of ether oxygens (including phenoxy) is 1. The van der Waals surface area contributed by atoms with E-state index < -0.39 is 10.0 Å². The third-order valence-corrected chi connectivity index (χ3v) is 7.16. The third kappa shape index (κ3) is 3.84. The number of nitrogens with zero attached hydrogens (tertiary/aromatic N) is 1. The standard InChI is InChI=1S/C20H23NO4S2/c1-3-16-17(12-13-25-18-6-4-5-7-19(18)26)21(20(16)22)27(23,24)15-10-8-14(2)9-11-15/h4-6,8-11,16-17H,3,7,12-13H2,1-2H3/t16-,17+/m1/s1. The number of hydrogen-bond acceptors (Lipinski definition) is 5. The number of sulfonamides is 1. The molecule has 0 saturated carbocycles. The predicted octanol–water partition coefficient (Wildman–Crippen LogP) is 3.54. The van der Waals surface area contributed by atoms with E-state index in [4.69, 9.17) is 17.0 Å². The predicted molar refractivity (Wildman–Crippen MR) is 108 cm³/mol. The van der Waals surface area contributed by atoms with E-state index in [0.29, 0.717) is 31.6 Å². The highest BCUT2D eigenvalue weighted by Crippen LogP contribution is 2.37. The Morgan fingerprint density at radius 3 is 2.59 bits per heavy atom. The Bertz CT molecular complexity index is 900. The molecule has 3 rings (SSSR count). The maximum absolute atomic E-state index is 12.9. The summed E-state index contributed by atoms with van der Waals surface area (Å²) >= 11 is 5.27. The van der Waals surface area contributed by atoms with Gasteiger partial charge < -0.3 is 4.74 Å². The van der Waals surface area contributed by atoms with Crippen molar-refractivity contribution in [3.63, 3.8) is 0 Å². The monoisotopic (exact) mass is 405 g/mol. The lowest BCUT2D eigenvalue weighted by Gasteiger charge is -2.45. The van der Waals surface area contributed by atoms with E-state index in [9.17, 15) is 13.2 Å². The van der Waals surface area contributed by atoms with E-state index >= 15 is 0 Å². The quantitative estimate of drug-likeness (QED) is 0.513. The van der Waals surface area contributed by atoms with Gasteiger partial charge in [0, 0.05) is 12.8 Å². The van der Waals surface area contributed by atoms with Crippen LogP contribution in [0.4, 0.5) is 0 Å². The van der Waals surface area contributed by atoms with Crippen LogP contribution in [0.1, 0.15) is 31.7 Å². The smallest absolute Gasteiger partial charge is 0.266 e. The molecule has 0 radical (unpaired) electrons. The zero-order valence-electron chi connectivity index (χ0n) is 15.4. The van der Waals surface area contributed by atoms with Crippen molar-refractivity contribution in [2.45, 2.75) is 44.0 Å². The number of benzene rings is 1. The minimum absolute atomic E-state index is 0.142. The zero-order valence-corrected chi connectivity index (χ0v) is 17.1. The van der Waals surface area contributed by atoms with Crippen molar-refractivity contribution in [3.05, 3.63) is 53.8 Å². The van der Waals surface area contributed by atoms with Crippen LogP contribution in [0.15, 0.2) is 53.1 Å². The van der Waals surface area contributed by atoms with Gasteiger partial charge in [0.15, 0.2) is 0 Å².